The van der Waals surface area contributed by atoms with E-state index in [1.807, 2.05) is 0 Å². The van der Waals surface area contributed by atoms with Crippen LogP contribution < -0.4 is 0 Å². The standard InChI is InChI=1S/C15H20O4/c1-11(2)6-3-4-9-19-15(18)13-8-5-7-12(10-13)14(16)17/h5,7-8,10-11H,3-4,6,9H2,1-2H3,(H,16,17). The predicted molar refractivity (Wildman–Crippen MR) is 72.4 cm³/mol. The molecule has 19 heavy (non-hydrogen) atoms. The third-order valence-corrected chi connectivity index (χ3v) is 2.75. The van der Waals surface area contributed by atoms with Gasteiger partial charge in [0.2, 0.25) is 0 Å². The molecule has 0 amide bonds. The number of benzene rings is 1. The SMILES string of the molecule is CC(C)CCCCOC(=O)c1cccc(C(=O)O)c1. The Morgan fingerprint density at radius 2 is 1.89 bits per heavy atom. The van der Waals surface area contributed by atoms with Crippen molar-refractivity contribution in [2.45, 2.75) is 33.1 Å². The molecule has 0 radical (unpaired) electrons. The Labute approximate surface area is 113 Å². The van der Waals surface area contributed by atoms with Crippen LogP contribution in [0.5, 0.6) is 0 Å². The zero-order valence-corrected chi connectivity index (χ0v) is 11.4. The van der Waals surface area contributed by atoms with Gasteiger partial charge >= 0.3 is 11.9 Å². The molecule has 0 aromatic heterocycles. The van der Waals surface area contributed by atoms with Crippen LogP contribution in [0.15, 0.2) is 24.3 Å². The lowest BCUT2D eigenvalue weighted by Gasteiger charge is -2.06. The van der Waals surface area contributed by atoms with Gasteiger partial charge in [0.25, 0.3) is 0 Å². The molecule has 0 unspecified atom stereocenters. The lowest BCUT2D eigenvalue weighted by atomic mass is 10.1. The van der Waals surface area contributed by atoms with Gasteiger partial charge in [0.05, 0.1) is 17.7 Å². The van der Waals surface area contributed by atoms with Crippen LogP contribution in [0.4, 0.5) is 0 Å². The summed E-state index contributed by atoms with van der Waals surface area (Å²) >= 11 is 0. The number of hydrogen-bond donors (Lipinski definition) is 1. The van der Waals surface area contributed by atoms with Crippen molar-refractivity contribution in [1.82, 2.24) is 0 Å². The van der Waals surface area contributed by atoms with E-state index in [0.717, 1.165) is 19.3 Å². The number of hydrogen-bond acceptors (Lipinski definition) is 3. The van der Waals surface area contributed by atoms with Crippen LogP contribution in [0.25, 0.3) is 0 Å². The minimum atomic E-state index is -1.05. The van der Waals surface area contributed by atoms with Crippen LogP contribution in [0, 0.1) is 5.92 Å². The Hall–Kier alpha value is -1.84. The fraction of sp³-hybridized carbons (Fsp3) is 0.467. The van der Waals surface area contributed by atoms with E-state index in [0.29, 0.717) is 12.5 Å². The van der Waals surface area contributed by atoms with E-state index in [1.54, 1.807) is 12.1 Å². The zero-order valence-electron chi connectivity index (χ0n) is 11.4. The Balaban J connectivity index is 2.41. The number of ether oxygens (including phenoxy) is 1. The summed E-state index contributed by atoms with van der Waals surface area (Å²) in [6.45, 7) is 4.69. The smallest absolute Gasteiger partial charge is 0.338 e. The fourth-order valence-corrected chi connectivity index (χ4v) is 1.68. The van der Waals surface area contributed by atoms with Crippen LogP contribution in [0.1, 0.15) is 53.8 Å². The molecule has 104 valence electrons. The zero-order chi connectivity index (χ0) is 14.3. The van der Waals surface area contributed by atoms with E-state index in [9.17, 15) is 9.59 Å². The normalized spacial score (nSPS) is 10.5. The molecule has 4 nitrogen and oxygen atoms in total. The average Bonchev–Trinajstić information content (AvgIpc) is 2.37. The third kappa shape index (κ3) is 5.55. The highest BCUT2D eigenvalue weighted by Crippen LogP contribution is 2.09. The number of aromatic carboxylic acids is 1. The van der Waals surface area contributed by atoms with E-state index >= 15 is 0 Å². The minimum absolute atomic E-state index is 0.0919. The molecule has 0 aliphatic carbocycles. The molecule has 1 rings (SSSR count). The van der Waals surface area contributed by atoms with Crippen molar-refractivity contribution in [3.8, 4) is 0 Å². The van der Waals surface area contributed by atoms with Gasteiger partial charge < -0.3 is 9.84 Å². The van der Waals surface area contributed by atoms with Crippen molar-refractivity contribution in [3.05, 3.63) is 35.4 Å². The number of carbonyl (C=O) groups excluding carboxylic acids is 1. The third-order valence-electron chi connectivity index (χ3n) is 2.75. The first-order valence-electron chi connectivity index (χ1n) is 6.51. The topological polar surface area (TPSA) is 63.6 Å². The van der Waals surface area contributed by atoms with Crippen molar-refractivity contribution in [3.63, 3.8) is 0 Å². The van der Waals surface area contributed by atoms with Gasteiger partial charge in [0.15, 0.2) is 0 Å². The molecule has 0 aliphatic rings. The van der Waals surface area contributed by atoms with Gasteiger partial charge in [-0.25, -0.2) is 9.59 Å². The van der Waals surface area contributed by atoms with E-state index in [1.165, 1.54) is 12.1 Å². The summed E-state index contributed by atoms with van der Waals surface area (Å²) in [5.74, 6) is -0.859. The highest BCUT2D eigenvalue weighted by molar-refractivity contribution is 5.94. The maximum absolute atomic E-state index is 11.7. The molecule has 0 saturated heterocycles. The van der Waals surface area contributed by atoms with Crippen LogP contribution in [0.2, 0.25) is 0 Å². The Morgan fingerprint density at radius 3 is 2.53 bits per heavy atom. The Kier molecular flexibility index (Phi) is 6.06. The second kappa shape index (κ2) is 7.56. The van der Waals surface area contributed by atoms with Crippen molar-refractivity contribution in [2.24, 2.45) is 5.92 Å². The summed E-state index contributed by atoms with van der Waals surface area (Å²) < 4.78 is 5.11. The Bertz CT molecular complexity index is 438. The van der Waals surface area contributed by atoms with Gasteiger partial charge in [-0.2, -0.15) is 0 Å². The van der Waals surface area contributed by atoms with Gasteiger partial charge in [0.1, 0.15) is 0 Å². The second-order valence-corrected chi connectivity index (χ2v) is 4.91. The van der Waals surface area contributed by atoms with Crippen molar-refractivity contribution < 1.29 is 19.4 Å². The van der Waals surface area contributed by atoms with Crippen LogP contribution in [0.3, 0.4) is 0 Å². The molecule has 0 saturated carbocycles. The summed E-state index contributed by atoms with van der Waals surface area (Å²) in [7, 11) is 0. The molecule has 0 bridgehead atoms. The molecule has 0 atom stereocenters. The quantitative estimate of drug-likeness (QED) is 0.605. The van der Waals surface area contributed by atoms with Gasteiger partial charge in [-0.3, -0.25) is 0 Å². The largest absolute Gasteiger partial charge is 0.478 e. The van der Waals surface area contributed by atoms with Gasteiger partial charge in [-0.15, -0.1) is 0 Å². The summed E-state index contributed by atoms with van der Waals surface area (Å²) in [6, 6.07) is 5.88. The number of unbranched alkanes of at least 4 members (excludes halogenated alkanes) is 1. The first-order valence-corrected chi connectivity index (χ1v) is 6.51. The van der Waals surface area contributed by atoms with Crippen molar-refractivity contribution in [2.75, 3.05) is 6.61 Å². The minimum Gasteiger partial charge on any atom is -0.478 e. The molecule has 0 spiro atoms. The number of esters is 1. The first kappa shape index (κ1) is 15.2. The summed E-state index contributed by atoms with van der Waals surface area (Å²) in [6.07, 6.45) is 2.98. The van der Waals surface area contributed by atoms with E-state index in [2.05, 4.69) is 13.8 Å². The molecular formula is C15H20O4. The Morgan fingerprint density at radius 1 is 1.21 bits per heavy atom. The predicted octanol–water partition coefficient (Wildman–Crippen LogP) is 3.37. The van der Waals surface area contributed by atoms with Gasteiger partial charge in [-0.05, 0) is 37.0 Å². The maximum atomic E-state index is 11.7. The van der Waals surface area contributed by atoms with Gasteiger partial charge in [-0.1, -0.05) is 26.3 Å². The molecule has 1 N–H and O–H groups in total. The number of rotatable bonds is 7. The number of carbonyl (C=O) groups is 2. The number of carboxylic acids is 1. The lowest BCUT2D eigenvalue weighted by Crippen LogP contribution is -2.08. The molecular weight excluding hydrogens is 244 g/mol. The first-order chi connectivity index (χ1) is 9.00. The van der Waals surface area contributed by atoms with Crippen molar-refractivity contribution >= 4 is 11.9 Å². The molecule has 0 aliphatic heterocycles. The second-order valence-electron chi connectivity index (χ2n) is 4.91. The highest BCUT2D eigenvalue weighted by Gasteiger charge is 2.10. The van der Waals surface area contributed by atoms with Crippen molar-refractivity contribution in [1.29, 1.82) is 0 Å². The van der Waals surface area contributed by atoms with E-state index in [-0.39, 0.29) is 11.1 Å². The number of carboxylic acid groups (broad SMARTS) is 1. The average molecular weight is 264 g/mol. The summed E-state index contributed by atoms with van der Waals surface area (Å²) in [5, 5.41) is 8.84. The van der Waals surface area contributed by atoms with Crippen LogP contribution in [-0.2, 0) is 4.74 Å². The lowest BCUT2D eigenvalue weighted by molar-refractivity contribution is 0.0497. The summed E-state index contributed by atoms with van der Waals surface area (Å²) in [5.41, 5.74) is 0.373. The van der Waals surface area contributed by atoms with Gasteiger partial charge in [0, 0.05) is 0 Å². The molecule has 4 heteroatoms. The fourth-order valence-electron chi connectivity index (χ4n) is 1.68. The molecule has 0 heterocycles. The maximum Gasteiger partial charge on any atom is 0.338 e. The molecule has 0 fully saturated rings. The molecule has 1 aromatic rings. The summed E-state index contributed by atoms with van der Waals surface area (Å²) in [4.78, 5) is 22.5. The highest BCUT2D eigenvalue weighted by atomic mass is 16.5. The molecule has 1 aromatic carbocycles. The van der Waals surface area contributed by atoms with Crippen LogP contribution in [-0.4, -0.2) is 23.7 Å². The van der Waals surface area contributed by atoms with E-state index < -0.39 is 11.9 Å². The van der Waals surface area contributed by atoms with E-state index in [4.69, 9.17) is 9.84 Å². The monoisotopic (exact) mass is 264 g/mol. The van der Waals surface area contributed by atoms with Crippen LogP contribution >= 0.6 is 0 Å².